The van der Waals surface area contributed by atoms with Crippen LogP contribution in [-0.2, 0) is 35.6 Å². The van der Waals surface area contributed by atoms with E-state index in [4.69, 9.17) is 4.74 Å². The van der Waals surface area contributed by atoms with Gasteiger partial charge in [0.25, 0.3) is 5.56 Å². The van der Waals surface area contributed by atoms with Crippen LogP contribution in [0.3, 0.4) is 0 Å². The van der Waals surface area contributed by atoms with E-state index in [1.807, 2.05) is 12.4 Å². The Balaban J connectivity index is 1.74. The highest BCUT2D eigenvalue weighted by Gasteiger charge is 2.23. The van der Waals surface area contributed by atoms with Gasteiger partial charge in [0.05, 0.1) is 6.61 Å². The summed E-state index contributed by atoms with van der Waals surface area (Å²) in [6.07, 6.45) is 6.05. The first-order valence-electron chi connectivity index (χ1n) is 7.56. The van der Waals surface area contributed by atoms with Crippen LogP contribution in [0.1, 0.15) is 16.7 Å². The van der Waals surface area contributed by atoms with E-state index in [9.17, 15) is 9.59 Å². The first-order valence-corrected chi connectivity index (χ1v) is 7.56. The number of rotatable bonds is 4. The SMILES string of the molecule is COCc1cncc2c1CCN(C(=O)Cn1ccccc1=O)C2. The molecule has 1 aliphatic rings. The topological polar surface area (TPSA) is 64.4 Å². The van der Waals surface area contributed by atoms with Crippen molar-refractivity contribution in [2.24, 2.45) is 0 Å². The summed E-state index contributed by atoms with van der Waals surface area (Å²) in [5, 5.41) is 0. The number of aromatic nitrogens is 2. The first-order chi connectivity index (χ1) is 11.2. The Bertz CT molecular complexity index is 770. The van der Waals surface area contributed by atoms with Crippen molar-refractivity contribution in [3.05, 3.63) is 63.8 Å². The molecule has 0 spiro atoms. The van der Waals surface area contributed by atoms with Gasteiger partial charge in [0, 0.05) is 44.9 Å². The number of carbonyl (C=O) groups excluding carboxylic acids is 1. The third-order valence-corrected chi connectivity index (χ3v) is 4.09. The molecular weight excluding hydrogens is 294 g/mol. The van der Waals surface area contributed by atoms with E-state index in [1.54, 1.807) is 30.3 Å². The Hall–Kier alpha value is -2.47. The fraction of sp³-hybridized carbons (Fsp3) is 0.353. The summed E-state index contributed by atoms with van der Waals surface area (Å²) in [6.45, 7) is 1.78. The van der Waals surface area contributed by atoms with Gasteiger partial charge in [-0.25, -0.2) is 0 Å². The zero-order valence-electron chi connectivity index (χ0n) is 13.1. The van der Waals surface area contributed by atoms with Gasteiger partial charge < -0.3 is 14.2 Å². The van der Waals surface area contributed by atoms with Crippen molar-refractivity contribution < 1.29 is 9.53 Å². The van der Waals surface area contributed by atoms with E-state index in [0.29, 0.717) is 19.7 Å². The molecule has 120 valence electrons. The molecule has 0 saturated heterocycles. The Morgan fingerprint density at radius 3 is 3.00 bits per heavy atom. The van der Waals surface area contributed by atoms with Crippen molar-refractivity contribution in [3.8, 4) is 0 Å². The first kappa shape index (κ1) is 15.4. The number of methoxy groups -OCH3 is 1. The van der Waals surface area contributed by atoms with Gasteiger partial charge in [-0.1, -0.05) is 6.07 Å². The van der Waals surface area contributed by atoms with Gasteiger partial charge in [-0.2, -0.15) is 0 Å². The average molecular weight is 313 g/mol. The maximum atomic E-state index is 12.5. The standard InChI is InChI=1S/C17H19N3O3/c1-23-12-14-9-18-8-13-10-20(7-5-15(13)14)17(22)11-19-6-3-2-4-16(19)21/h2-4,6,8-9H,5,7,10-12H2,1H3. The average Bonchev–Trinajstić information content (AvgIpc) is 2.57. The van der Waals surface area contributed by atoms with E-state index < -0.39 is 0 Å². The van der Waals surface area contributed by atoms with Gasteiger partial charge >= 0.3 is 0 Å². The third kappa shape index (κ3) is 3.32. The zero-order chi connectivity index (χ0) is 16.2. The molecule has 1 amide bonds. The molecule has 0 aromatic carbocycles. The number of amides is 1. The monoisotopic (exact) mass is 313 g/mol. The van der Waals surface area contributed by atoms with Gasteiger partial charge in [0.1, 0.15) is 6.54 Å². The molecule has 2 aromatic rings. The minimum atomic E-state index is -0.165. The van der Waals surface area contributed by atoms with Crippen LogP contribution in [0.5, 0.6) is 0 Å². The van der Waals surface area contributed by atoms with Crippen molar-refractivity contribution in [3.63, 3.8) is 0 Å². The van der Waals surface area contributed by atoms with Gasteiger partial charge in [-0.3, -0.25) is 14.6 Å². The number of ether oxygens (including phenoxy) is 1. The van der Waals surface area contributed by atoms with Gasteiger partial charge in [-0.15, -0.1) is 0 Å². The molecule has 6 heteroatoms. The van der Waals surface area contributed by atoms with E-state index in [2.05, 4.69) is 4.98 Å². The quantitative estimate of drug-likeness (QED) is 0.844. The molecule has 3 rings (SSSR count). The lowest BCUT2D eigenvalue weighted by Crippen LogP contribution is -2.39. The lowest BCUT2D eigenvalue weighted by Gasteiger charge is -2.30. The van der Waals surface area contributed by atoms with Crippen LogP contribution in [0, 0.1) is 0 Å². The van der Waals surface area contributed by atoms with Crippen LogP contribution in [0.25, 0.3) is 0 Å². The molecular formula is C17H19N3O3. The van der Waals surface area contributed by atoms with Crippen molar-refractivity contribution in [2.45, 2.75) is 26.1 Å². The van der Waals surface area contributed by atoms with Crippen LogP contribution in [0.4, 0.5) is 0 Å². The molecule has 0 N–H and O–H groups in total. The molecule has 0 bridgehead atoms. The summed E-state index contributed by atoms with van der Waals surface area (Å²) in [5.74, 6) is -0.0545. The van der Waals surface area contributed by atoms with Gasteiger partial charge in [-0.05, 0) is 29.2 Å². The Morgan fingerprint density at radius 1 is 1.35 bits per heavy atom. The van der Waals surface area contributed by atoms with Crippen molar-refractivity contribution in [2.75, 3.05) is 13.7 Å². The lowest BCUT2D eigenvalue weighted by atomic mass is 9.97. The number of nitrogens with zero attached hydrogens (tertiary/aromatic N) is 3. The molecule has 0 fully saturated rings. The molecule has 23 heavy (non-hydrogen) atoms. The molecule has 0 aliphatic carbocycles. The Kier molecular flexibility index (Phi) is 4.52. The Morgan fingerprint density at radius 2 is 2.22 bits per heavy atom. The molecule has 1 aliphatic heterocycles. The summed E-state index contributed by atoms with van der Waals surface area (Å²) in [4.78, 5) is 30.2. The second-order valence-corrected chi connectivity index (χ2v) is 5.60. The van der Waals surface area contributed by atoms with Crippen molar-refractivity contribution >= 4 is 5.91 Å². The highest BCUT2D eigenvalue weighted by Crippen LogP contribution is 2.22. The molecule has 0 radical (unpaired) electrons. The summed E-state index contributed by atoms with van der Waals surface area (Å²) in [7, 11) is 1.66. The second kappa shape index (κ2) is 6.75. The van der Waals surface area contributed by atoms with Gasteiger partial charge in [0.2, 0.25) is 5.91 Å². The number of carbonyl (C=O) groups is 1. The van der Waals surface area contributed by atoms with Crippen molar-refractivity contribution in [1.82, 2.24) is 14.5 Å². The summed E-state index contributed by atoms with van der Waals surface area (Å²) in [6, 6.07) is 4.88. The minimum Gasteiger partial charge on any atom is -0.380 e. The largest absolute Gasteiger partial charge is 0.380 e. The highest BCUT2D eigenvalue weighted by molar-refractivity contribution is 5.76. The fourth-order valence-corrected chi connectivity index (χ4v) is 2.90. The molecule has 3 heterocycles. The normalized spacial score (nSPS) is 13.7. The van der Waals surface area contributed by atoms with Gasteiger partial charge in [0.15, 0.2) is 0 Å². The summed E-state index contributed by atoms with van der Waals surface area (Å²) >= 11 is 0. The lowest BCUT2D eigenvalue weighted by molar-refractivity contribution is -0.132. The van der Waals surface area contributed by atoms with Crippen molar-refractivity contribution in [1.29, 1.82) is 0 Å². The predicted octanol–water partition coefficient (Wildman–Crippen LogP) is 0.975. The molecule has 0 saturated carbocycles. The minimum absolute atomic E-state index is 0.0545. The summed E-state index contributed by atoms with van der Waals surface area (Å²) < 4.78 is 6.63. The Labute approximate surface area is 134 Å². The van der Waals surface area contributed by atoms with Crippen LogP contribution in [0.15, 0.2) is 41.6 Å². The molecule has 6 nitrogen and oxygen atoms in total. The molecule has 0 unspecified atom stereocenters. The third-order valence-electron chi connectivity index (χ3n) is 4.09. The van der Waals surface area contributed by atoms with E-state index >= 15 is 0 Å². The zero-order valence-corrected chi connectivity index (χ0v) is 13.1. The van der Waals surface area contributed by atoms with E-state index in [-0.39, 0.29) is 18.0 Å². The number of hydrogen-bond donors (Lipinski definition) is 0. The summed E-state index contributed by atoms with van der Waals surface area (Å²) in [5.41, 5.74) is 3.20. The van der Waals surface area contributed by atoms with E-state index in [1.165, 1.54) is 16.2 Å². The second-order valence-electron chi connectivity index (χ2n) is 5.60. The fourth-order valence-electron chi connectivity index (χ4n) is 2.90. The van der Waals surface area contributed by atoms with Crippen LogP contribution < -0.4 is 5.56 Å². The number of pyridine rings is 2. The number of fused-ring (bicyclic) bond motifs is 1. The smallest absolute Gasteiger partial charge is 0.250 e. The number of hydrogen-bond acceptors (Lipinski definition) is 4. The molecule has 2 aromatic heterocycles. The van der Waals surface area contributed by atoms with Crippen LogP contribution >= 0.6 is 0 Å². The maximum Gasteiger partial charge on any atom is 0.250 e. The maximum absolute atomic E-state index is 12.5. The van der Waals surface area contributed by atoms with E-state index in [0.717, 1.165) is 17.5 Å². The van der Waals surface area contributed by atoms with Crippen LogP contribution in [0.2, 0.25) is 0 Å². The predicted molar refractivity (Wildman–Crippen MR) is 84.8 cm³/mol. The molecule has 0 atom stereocenters. The van der Waals surface area contributed by atoms with Crippen LogP contribution in [-0.4, -0.2) is 34.0 Å². The highest BCUT2D eigenvalue weighted by atomic mass is 16.5.